The summed E-state index contributed by atoms with van der Waals surface area (Å²) >= 11 is 7.30. The largest absolute Gasteiger partial charge is 0.312 e. The molecule has 2 aromatic rings. The molecule has 0 spiro atoms. The molecule has 2 rings (SSSR count). The number of halogens is 1. The molecule has 108 valence electrons. The summed E-state index contributed by atoms with van der Waals surface area (Å²) in [4.78, 5) is 2.74. The average Bonchev–Trinajstić information content (AvgIpc) is 2.82. The fraction of sp³-hybridized carbons (Fsp3) is 0.375. The van der Waals surface area contributed by atoms with Crippen LogP contribution in [0, 0.1) is 5.92 Å². The van der Waals surface area contributed by atoms with Crippen LogP contribution >= 0.6 is 39.0 Å². The molecule has 1 aromatic heterocycles. The van der Waals surface area contributed by atoms with E-state index in [9.17, 15) is 0 Å². The number of thiophene rings is 1. The summed E-state index contributed by atoms with van der Waals surface area (Å²) in [7, 11) is 0. The number of hydrogen-bond donors (Lipinski definition) is 1. The second-order valence-electron chi connectivity index (χ2n) is 5.15. The zero-order valence-corrected chi connectivity index (χ0v) is 15.1. The van der Waals surface area contributed by atoms with Gasteiger partial charge in [0.1, 0.15) is 0 Å². The van der Waals surface area contributed by atoms with Crippen LogP contribution in [0.4, 0.5) is 0 Å². The topological polar surface area (TPSA) is 12.0 Å². The Kier molecular flexibility index (Phi) is 6.62. The first-order valence-electron chi connectivity index (χ1n) is 6.79. The molecule has 0 aliphatic carbocycles. The van der Waals surface area contributed by atoms with Gasteiger partial charge in [0, 0.05) is 26.5 Å². The molecule has 0 radical (unpaired) electrons. The van der Waals surface area contributed by atoms with E-state index in [2.05, 4.69) is 70.8 Å². The van der Waals surface area contributed by atoms with E-state index in [0.29, 0.717) is 5.92 Å². The van der Waals surface area contributed by atoms with Gasteiger partial charge in [-0.1, -0.05) is 26.0 Å². The summed E-state index contributed by atoms with van der Waals surface area (Å²) < 4.78 is 1.23. The summed E-state index contributed by atoms with van der Waals surface area (Å²) in [5.74, 6) is 1.73. The van der Waals surface area contributed by atoms with E-state index in [-0.39, 0.29) is 0 Å². The Labute approximate surface area is 138 Å². The molecule has 20 heavy (non-hydrogen) atoms. The molecule has 4 heteroatoms. The van der Waals surface area contributed by atoms with Crippen molar-refractivity contribution in [2.24, 2.45) is 5.92 Å². The van der Waals surface area contributed by atoms with Crippen molar-refractivity contribution < 1.29 is 0 Å². The van der Waals surface area contributed by atoms with Crippen molar-refractivity contribution in [1.29, 1.82) is 0 Å². The predicted molar refractivity (Wildman–Crippen MR) is 94.6 cm³/mol. The quantitative estimate of drug-likeness (QED) is 0.642. The van der Waals surface area contributed by atoms with Gasteiger partial charge in [-0.05, 0) is 57.5 Å². The minimum atomic E-state index is 0.698. The van der Waals surface area contributed by atoms with Crippen LogP contribution in [-0.2, 0) is 12.3 Å². The van der Waals surface area contributed by atoms with Crippen molar-refractivity contribution in [3.05, 3.63) is 50.6 Å². The molecule has 0 aliphatic heterocycles. The molecular formula is C16H20BrNS2. The molecule has 0 aliphatic rings. The number of hydrogen-bond acceptors (Lipinski definition) is 3. The minimum absolute atomic E-state index is 0.698. The van der Waals surface area contributed by atoms with Gasteiger partial charge in [-0.15, -0.1) is 23.1 Å². The Balaban J connectivity index is 1.87. The van der Waals surface area contributed by atoms with E-state index >= 15 is 0 Å². The molecule has 0 saturated carbocycles. The summed E-state index contributed by atoms with van der Waals surface area (Å²) in [6.45, 7) is 6.49. The zero-order valence-electron chi connectivity index (χ0n) is 11.9. The lowest BCUT2D eigenvalue weighted by molar-refractivity contribution is 0.552. The monoisotopic (exact) mass is 369 g/mol. The Morgan fingerprint density at radius 2 is 2.15 bits per heavy atom. The highest BCUT2D eigenvalue weighted by Gasteiger charge is 2.03. The van der Waals surface area contributed by atoms with Crippen molar-refractivity contribution in [2.75, 3.05) is 6.54 Å². The molecule has 0 fully saturated rings. The number of nitrogens with one attached hydrogen (secondary N) is 1. The molecule has 1 nitrogen and oxygen atoms in total. The van der Waals surface area contributed by atoms with E-state index in [1.54, 1.807) is 0 Å². The van der Waals surface area contributed by atoms with Crippen molar-refractivity contribution in [3.8, 4) is 0 Å². The lowest BCUT2D eigenvalue weighted by Crippen LogP contribution is -2.18. The van der Waals surface area contributed by atoms with E-state index in [0.717, 1.165) is 18.8 Å². The Hall–Kier alpha value is -0.290. The zero-order chi connectivity index (χ0) is 14.4. The van der Waals surface area contributed by atoms with Crippen LogP contribution in [0.25, 0.3) is 0 Å². The lowest BCUT2D eigenvalue weighted by atomic mass is 10.2. The highest BCUT2D eigenvalue weighted by Crippen LogP contribution is 2.30. The van der Waals surface area contributed by atoms with E-state index in [1.807, 2.05) is 23.1 Å². The maximum Gasteiger partial charge on any atom is 0.0337 e. The van der Waals surface area contributed by atoms with Gasteiger partial charge in [0.25, 0.3) is 0 Å². The van der Waals surface area contributed by atoms with Gasteiger partial charge >= 0.3 is 0 Å². The van der Waals surface area contributed by atoms with E-state index < -0.39 is 0 Å². The normalized spacial score (nSPS) is 11.2. The van der Waals surface area contributed by atoms with Crippen molar-refractivity contribution in [1.82, 2.24) is 5.32 Å². The molecule has 0 amide bonds. The molecule has 1 aromatic carbocycles. The van der Waals surface area contributed by atoms with Gasteiger partial charge in [0.05, 0.1) is 0 Å². The first-order valence-corrected chi connectivity index (χ1v) is 9.45. The van der Waals surface area contributed by atoms with Crippen LogP contribution in [0.3, 0.4) is 0 Å². The van der Waals surface area contributed by atoms with Gasteiger partial charge < -0.3 is 5.32 Å². The van der Waals surface area contributed by atoms with Gasteiger partial charge in [-0.2, -0.15) is 0 Å². The second kappa shape index (κ2) is 8.23. The van der Waals surface area contributed by atoms with Crippen molar-refractivity contribution in [2.45, 2.75) is 31.0 Å². The SMILES string of the molecule is CC(C)CNCc1cccc(SCc2sccc2Br)c1. The molecule has 1 N–H and O–H groups in total. The fourth-order valence-electron chi connectivity index (χ4n) is 1.83. The second-order valence-corrected chi connectivity index (χ2v) is 8.06. The average molecular weight is 370 g/mol. The van der Waals surface area contributed by atoms with E-state index in [1.165, 1.54) is 19.8 Å². The van der Waals surface area contributed by atoms with Crippen molar-refractivity contribution in [3.63, 3.8) is 0 Å². The standard InChI is InChI=1S/C16H20BrNS2/c1-12(2)9-18-10-13-4-3-5-14(8-13)20-11-16-15(17)6-7-19-16/h3-8,12,18H,9-11H2,1-2H3. The number of benzene rings is 1. The summed E-state index contributed by atoms with van der Waals surface area (Å²) in [5, 5.41) is 5.62. The van der Waals surface area contributed by atoms with Crippen LogP contribution in [0.15, 0.2) is 45.1 Å². The Morgan fingerprint density at radius 1 is 1.30 bits per heavy atom. The first kappa shape index (κ1) is 16.1. The van der Waals surface area contributed by atoms with Crippen LogP contribution in [0.1, 0.15) is 24.3 Å². The van der Waals surface area contributed by atoms with Gasteiger partial charge in [-0.3, -0.25) is 0 Å². The highest BCUT2D eigenvalue weighted by atomic mass is 79.9. The highest BCUT2D eigenvalue weighted by molar-refractivity contribution is 9.10. The molecule has 0 unspecified atom stereocenters. The number of thioether (sulfide) groups is 1. The van der Waals surface area contributed by atoms with Gasteiger partial charge in [0.15, 0.2) is 0 Å². The van der Waals surface area contributed by atoms with Crippen molar-refractivity contribution >= 4 is 39.0 Å². The molecule has 0 saturated heterocycles. The van der Waals surface area contributed by atoms with Crippen LogP contribution in [-0.4, -0.2) is 6.54 Å². The van der Waals surface area contributed by atoms with E-state index in [4.69, 9.17) is 0 Å². The minimum Gasteiger partial charge on any atom is -0.312 e. The smallest absolute Gasteiger partial charge is 0.0337 e. The lowest BCUT2D eigenvalue weighted by Gasteiger charge is -2.08. The molecule has 0 atom stereocenters. The van der Waals surface area contributed by atoms with Crippen LogP contribution in [0.2, 0.25) is 0 Å². The molecular weight excluding hydrogens is 350 g/mol. The van der Waals surface area contributed by atoms with Gasteiger partial charge in [0.2, 0.25) is 0 Å². The fourth-order valence-corrected chi connectivity index (χ4v) is 4.60. The van der Waals surface area contributed by atoms with Crippen LogP contribution in [0.5, 0.6) is 0 Å². The molecule has 1 heterocycles. The third kappa shape index (κ3) is 5.24. The maximum atomic E-state index is 3.59. The maximum absolute atomic E-state index is 3.59. The summed E-state index contributed by atoms with van der Waals surface area (Å²) in [5.41, 5.74) is 1.36. The number of rotatable bonds is 7. The first-order chi connectivity index (χ1) is 9.65. The molecule has 0 bridgehead atoms. The van der Waals surface area contributed by atoms with Crippen LogP contribution < -0.4 is 5.32 Å². The Morgan fingerprint density at radius 3 is 2.85 bits per heavy atom. The Bertz CT molecular complexity index is 537. The predicted octanol–water partition coefficient (Wildman–Crippen LogP) is 5.55. The third-order valence-electron chi connectivity index (χ3n) is 2.84. The summed E-state index contributed by atoms with van der Waals surface area (Å²) in [6, 6.07) is 10.9. The van der Waals surface area contributed by atoms with Gasteiger partial charge in [-0.25, -0.2) is 0 Å². The summed E-state index contributed by atoms with van der Waals surface area (Å²) in [6.07, 6.45) is 0. The third-order valence-corrected chi connectivity index (χ3v) is 5.97.